The van der Waals surface area contributed by atoms with Crippen molar-refractivity contribution in [1.82, 2.24) is 9.88 Å². The summed E-state index contributed by atoms with van der Waals surface area (Å²) in [5.41, 5.74) is 2.32. The Labute approximate surface area is 176 Å². The summed E-state index contributed by atoms with van der Waals surface area (Å²) < 4.78 is 0. The molecule has 0 radical (unpaired) electrons. The van der Waals surface area contributed by atoms with Gasteiger partial charge in [-0.1, -0.05) is 41.9 Å². The van der Waals surface area contributed by atoms with Crippen molar-refractivity contribution in [1.29, 1.82) is 0 Å². The summed E-state index contributed by atoms with van der Waals surface area (Å²) >= 11 is 5.97. The molecule has 0 bridgehead atoms. The van der Waals surface area contributed by atoms with Gasteiger partial charge in [-0.05, 0) is 69.0 Å². The minimum absolute atomic E-state index is 0.0671. The minimum Gasteiger partial charge on any atom is -0.507 e. The number of carboxylic acids is 1. The van der Waals surface area contributed by atoms with Crippen molar-refractivity contribution in [3.05, 3.63) is 94.8 Å². The van der Waals surface area contributed by atoms with Crippen molar-refractivity contribution in [3.63, 3.8) is 0 Å². The van der Waals surface area contributed by atoms with Gasteiger partial charge < -0.3 is 15.1 Å². The first-order valence-corrected chi connectivity index (χ1v) is 9.58. The fourth-order valence-electron chi connectivity index (χ4n) is 2.80. The number of pyridine rings is 1. The average Bonchev–Trinajstić information content (AvgIpc) is 2.71. The lowest BCUT2D eigenvalue weighted by atomic mass is 9.92. The van der Waals surface area contributed by atoms with Gasteiger partial charge in [0.2, 0.25) is 0 Å². The highest BCUT2D eigenvalue weighted by Crippen LogP contribution is 2.27. The SMILES string of the molecule is CN(C)CC[C@H](c1ccc(Cl)cc1)c1ccccn1.O=C(O)c1ccccc1O. The Hall–Kier alpha value is -2.89. The highest BCUT2D eigenvalue weighted by molar-refractivity contribution is 6.30. The third kappa shape index (κ3) is 7.22. The molecular weight excluding hydrogens is 388 g/mol. The van der Waals surface area contributed by atoms with Crippen LogP contribution in [0.2, 0.25) is 5.02 Å². The molecule has 1 heterocycles. The molecule has 152 valence electrons. The van der Waals surface area contributed by atoms with Crippen molar-refractivity contribution in [2.75, 3.05) is 20.6 Å². The molecule has 29 heavy (non-hydrogen) atoms. The molecule has 0 saturated heterocycles. The maximum absolute atomic E-state index is 10.3. The van der Waals surface area contributed by atoms with Crippen LogP contribution < -0.4 is 0 Å². The number of benzene rings is 2. The van der Waals surface area contributed by atoms with Gasteiger partial charge in [0.1, 0.15) is 11.3 Å². The first-order chi connectivity index (χ1) is 13.9. The maximum atomic E-state index is 10.3. The standard InChI is InChI=1S/C16H19ClN2.C7H6O3/c1-19(2)12-10-15(16-5-3-4-11-18-16)13-6-8-14(17)9-7-13;8-6-4-2-1-3-5(6)7(9)10/h3-9,11,15H,10,12H2,1-2H3;1-4,8H,(H,9,10)/t15-;/m1./s1. The summed E-state index contributed by atoms with van der Waals surface area (Å²) in [7, 11) is 4.19. The summed E-state index contributed by atoms with van der Waals surface area (Å²) in [6.07, 6.45) is 2.90. The lowest BCUT2D eigenvalue weighted by Gasteiger charge is -2.19. The van der Waals surface area contributed by atoms with Gasteiger partial charge in [0.15, 0.2) is 0 Å². The van der Waals surface area contributed by atoms with Crippen LogP contribution in [0, 0.1) is 0 Å². The molecule has 2 N–H and O–H groups in total. The first-order valence-electron chi connectivity index (χ1n) is 9.21. The molecule has 0 spiro atoms. The number of carboxylic acid groups (broad SMARTS) is 1. The van der Waals surface area contributed by atoms with Crippen molar-refractivity contribution < 1.29 is 15.0 Å². The number of hydrogen-bond acceptors (Lipinski definition) is 4. The quantitative estimate of drug-likeness (QED) is 0.601. The van der Waals surface area contributed by atoms with E-state index in [9.17, 15) is 4.79 Å². The molecule has 0 aliphatic carbocycles. The van der Waals surface area contributed by atoms with Crippen LogP contribution in [0.3, 0.4) is 0 Å². The second-order valence-corrected chi connectivity index (χ2v) is 7.21. The molecule has 6 heteroatoms. The number of phenols is 1. The van der Waals surface area contributed by atoms with Gasteiger partial charge in [0, 0.05) is 22.8 Å². The largest absolute Gasteiger partial charge is 0.507 e. The number of aromatic hydroxyl groups is 1. The molecule has 0 saturated carbocycles. The Kier molecular flexibility index (Phi) is 8.65. The molecule has 5 nitrogen and oxygen atoms in total. The number of nitrogens with zero attached hydrogens (tertiary/aromatic N) is 2. The van der Waals surface area contributed by atoms with Crippen molar-refractivity contribution in [2.45, 2.75) is 12.3 Å². The number of rotatable bonds is 6. The summed E-state index contributed by atoms with van der Waals surface area (Å²) in [6.45, 7) is 1.03. The van der Waals surface area contributed by atoms with E-state index in [0.717, 1.165) is 23.7 Å². The van der Waals surface area contributed by atoms with E-state index in [-0.39, 0.29) is 11.3 Å². The monoisotopic (exact) mass is 412 g/mol. The first kappa shape index (κ1) is 22.4. The molecule has 0 aliphatic rings. The van der Waals surface area contributed by atoms with Crippen LogP contribution in [0.25, 0.3) is 0 Å². The number of carbonyl (C=O) groups is 1. The van der Waals surface area contributed by atoms with Crippen LogP contribution >= 0.6 is 11.6 Å². The zero-order valence-electron chi connectivity index (χ0n) is 16.5. The number of aromatic carboxylic acids is 1. The maximum Gasteiger partial charge on any atom is 0.339 e. The van der Waals surface area contributed by atoms with Gasteiger partial charge in [-0.2, -0.15) is 0 Å². The van der Waals surface area contributed by atoms with Gasteiger partial charge in [0.05, 0.1) is 0 Å². The van der Waals surface area contributed by atoms with Crippen LogP contribution in [0.5, 0.6) is 5.75 Å². The Balaban J connectivity index is 0.000000253. The Morgan fingerprint density at radius 2 is 1.69 bits per heavy atom. The molecule has 0 fully saturated rings. The van der Waals surface area contributed by atoms with Crippen molar-refractivity contribution in [3.8, 4) is 5.75 Å². The second-order valence-electron chi connectivity index (χ2n) is 6.77. The Bertz CT molecular complexity index is 900. The van der Waals surface area contributed by atoms with Gasteiger partial charge in [-0.3, -0.25) is 4.98 Å². The third-order valence-corrected chi connectivity index (χ3v) is 4.57. The smallest absolute Gasteiger partial charge is 0.339 e. The predicted octanol–water partition coefficient (Wildman–Crippen LogP) is 4.91. The molecule has 0 amide bonds. The number of para-hydroxylation sites is 1. The fourth-order valence-corrected chi connectivity index (χ4v) is 2.93. The summed E-state index contributed by atoms with van der Waals surface area (Å²) in [6, 6.07) is 20.0. The van der Waals surface area contributed by atoms with E-state index in [0.29, 0.717) is 5.92 Å². The normalized spacial score (nSPS) is 11.4. The average molecular weight is 413 g/mol. The Morgan fingerprint density at radius 1 is 1.03 bits per heavy atom. The van der Waals surface area contributed by atoms with Gasteiger partial charge >= 0.3 is 5.97 Å². The van der Waals surface area contributed by atoms with Gasteiger partial charge in [-0.15, -0.1) is 0 Å². The summed E-state index contributed by atoms with van der Waals surface area (Å²) in [4.78, 5) is 17.0. The van der Waals surface area contributed by atoms with E-state index in [1.54, 1.807) is 12.1 Å². The van der Waals surface area contributed by atoms with E-state index < -0.39 is 5.97 Å². The lowest BCUT2D eigenvalue weighted by Crippen LogP contribution is -2.17. The van der Waals surface area contributed by atoms with Gasteiger partial charge in [0.25, 0.3) is 0 Å². The van der Waals surface area contributed by atoms with Crippen LogP contribution in [0.15, 0.2) is 72.9 Å². The molecule has 1 aromatic heterocycles. The number of hydrogen-bond donors (Lipinski definition) is 2. The predicted molar refractivity (Wildman–Crippen MR) is 116 cm³/mol. The fraction of sp³-hybridized carbons (Fsp3) is 0.217. The molecule has 2 aromatic carbocycles. The molecular formula is C23H25ClN2O3. The van der Waals surface area contributed by atoms with Crippen molar-refractivity contribution in [2.24, 2.45) is 0 Å². The van der Waals surface area contributed by atoms with E-state index in [2.05, 4.69) is 42.2 Å². The molecule has 1 atom stereocenters. The Morgan fingerprint density at radius 3 is 2.21 bits per heavy atom. The minimum atomic E-state index is -1.11. The number of aromatic nitrogens is 1. The van der Waals surface area contributed by atoms with Crippen LogP contribution in [0.1, 0.15) is 34.0 Å². The van der Waals surface area contributed by atoms with E-state index >= 15 is 0 Å². The van der Waals surface area contributed by atoms with Crippen molar-refractivity contribution >= 4 is 17.6 Å². The van der Waals surface area contributed by atoms with E-state index in [4.69, 9.17) is 21.8 Å². The third-order valence-electron chi connectivity index (χ3n) is 4.32. The number of halogens is 1. The topological polar surface area (TPSA) is 73.7 Å². The zero-order chi connectivity index (χ0) is 21.2. The molecule has 0 unspecified atom stereocenters. The van der Waals surface area contributed by atoms with Crippen LogP contribution in [-0.2, 0) is 0 Å². The lowest BCUT2D eigenvalue weighted by molar-refractivity contribution is 0.0693. The van der Waals surface area contributed by atoms with E-state index in [1.165, 1.54) is 17.7 Å². The summed E-state index contributed by atoms with van der Waals surface area (Å²) in [5.74, 6) is -0.992. The second kappa shape index (κ2) is 11.2. The highest BCUT2D eigenvalue weighted by Gasteiger charge is 2.15. The van der Waals surface area contributed by atoms with Crippen LogP contribution in [0.4, 0.5) is 0 Å². The van der Waals surface area contributed by atoms with Gasteiger partial charge in [-0.25, -0.2) is 4.79 Å². The molecule has 0 aliphatic heterocycles. The summed E-state index contributed by atoms with van der Waals surface area (Å²) in [5, 5.41) is 18.1. The van der Waals surface area contributed by atoms with Crippen LogP contribution in [-0.4, -0.2) is 46.7 Å². The zero-order valence-corrected chi connectivity index (χ0v) is 17.3. The molecule has 3 rings (SSSR count). The highest BCUT2D eigenvalue weighted by atomic mass is 35.5. The van der Waals surface area contributed by atoms with E-state index in [1.807, 2.05) is 30.5 Å². The molecule has 3 aromatic rings.